The van der Waals surface area contributed by atoms with E-state index in [-0.39, 0.29) is 36.9 Å². The molecule has 2 aromatic rings. The van der Waals surface area contributed by atoms with Crippen molar-refractivity contribution in [3.8, 4) is 0 Å². The first kappa shape index (κ1) is 21.6. The third-order valence-corrected chi connectivity index (χ3v) is 4.41. The van der Waals surface area contributed by atoms with E-state index in [0.717, 1.165) is 22.4 Å². The van der Waals surface area contributed by atoms with Gasteiger partial charge in [0.2, 0.25) is 11.8 Å². The number of benzene rings is 2. The van der Waals surface area contributed by atoms with Crippen LogP contribution in [0.1, 0.15) is 56.2 Å². The number of rotatable bonds is 8. The number of amides is 2. The Balaban J connectivity index is 1.91. The van der Waals surface area contributed by atoms with Crippen molar-refractivity contribution in [2.75, 3.05) is 23.8 Å². The summed E-state index contributed by atoms with van der Waals surface area (Å²) in [6.07, 6.45) is 0. The number of anilines is 2. The fourth-order valence-corrected chi connectivity index (χ4v) is 3.03. The summed E-state index contributed by atoms with van der Waals surface area (Å²) in [5, 5.41) is 5.74. The number of hydrogen-bond donors (Lipinski definition) is 2. The maximum absolute atomic E-state index is 12.4. The fraction of sp³-hybridized carbons (Fsp3) is 0.391. The predicted octanol–water partition coefficient (Wildman–Crippen LogP) is 4.84. The van der Waals surface area contributed by atoms with Crippen LogP contribution in [0.4, 0.5) is 11.4 Å². The van der Waals surface area contributed by atoms with Crippen LogP contribution in [0, 0.1) is 6.92 Å². The second-order valence-corrected chi connectivity index (χ2v) is 7.58. The summed E-state index contributed by atoms with van der Waals surface area (Å²) >= 11 is 0. The van der Waals surface area contributed by atoms with Gasteiger partial charge in [0.15, 0.2) is 0 Å². The van der Waals surface area contributed by atoms with Crippen LogP contribution in [0.3, 0.4) is 0 Å². The van der Waals surface area contributed by atoms with Crippen LogP contribution in [-0.2, 0) is 14.3 Å². The molecule has 0 heterocycles. The van der Waals surface area contributed by atoms with Gasteiger partial charge in [-0.05, 0) is 47.6 Å². The van der Waals surface area contributed by atoms with Crippen LogP contribution in [0.15, 0.2) is 42.5 Å². The van der Waals surface area contributed by atoms with Crippen molar-refractivity contribution in [2.24, 2.45) is 0 Å². The Labute approximate surface area is 167 Å². The molecule has 2 aromatic carbocycles. The Bertz CT molecular complexity index is 802. The number of carbonyl (C=O) groups is 2. The van der Waals surface area contributed by atoms with E-state index in [1.807, 2.05) is 49.4 Å². The third-order valence-electron chi connectivity index (χ3n) is 4.41. The van der Waals surface area contributed by atoms with Gasteiger partial charge in [0, 0.05) is 11.4 Å². The van der Waals surface area contributed by atoms with Gasteiger partial charge in [-0.3, -0.25) is 9.59 Å². The lowest BCUT2D eigenvalue weighted by molar-refractivity contribution is -0.125. The topological polar surface area (TPSA) is 67.4 Å². The number of para-hydroxylation sites is 1. The Kier molecular flexibility index (Phi) is 7.76. The van der Waals surface area contributed by atoms with E-state index in [1.54, 1.807) is 0 Å². The molecule has 150 valence electrons. The van der Waals surface area contributed by atoms with Crippen LogP contribution >= 0.6 is 0 Å². The van der Waals surface area contributed by atoms with Crippen LogP contribution < -0.4 is 10.6 Å². The van der Waals surface area contributed by atoms with Gasteiger partial charge >= 0.3 is 0 Å². The summed E-state index contributed by atoms with van der Waals surface area (Å²) < 4.78 is 5.31. The average molecular weight is 383 g/mol. The van der Waals surface area contributed by atoms with E-state index in [9.17, 15) is 9.59 Å². The quantitative estimate of drug-likeness (QED) is 0.687. The summed E-state index contributed by atoms with van der Waals surface area (Å²) in [7, 11) is 0. The van der Waals surface area contributed by atoms with Crippen molar-refractivity contribution < 1.29 is 14.3 Å². The van der Waals surface area contributed by atoms with Crippen molar-refractivity contribution in [3.63, 3.8) is 0 Å². The third kappa shape index (κ3) is 6.20. The minimum Gasteiger partial charge on any atom is -0.362 e. The molecule has 0 bridgehead atoms. The van der Waals surface area contributed by atoms with Crippen LogP contribution in [0.2, 0.25) is 0 Å². The van der Waals surface area contributed by atoms with Crippen molar-refractivity contribution in [1.82, 2.24) is 0 Å². The van der Waals surface area contributed by atoms with Gasteiger partial charge in [0.05, 0.1) is 0 Å². The van der Waals surface area contributed by atoms with Crippen molar-refractivity contribution in [2.45, 2.75) is 46.5 Å². The molecule has 5 heteroatoms. The number of carbonyl (C=O) groups excluding carboxylic acids is 2. The summed E-state index contributed by atoms with van der Waals surface area (Å²) in [4.78, 5) is 24.4. The highest BCUT2D eigenvalue weighted by molar-refractivity contribution is 5.94. The molecular weight excluding hydrogens is 352 g/mol. The van der Waals surface area contributed by atoms with Gasteiger partial charge in [-0.15, -0.1) is 0 Å². The monoisotopic (exact) mass is 382 g/mol. The minimum atomic E-state index is -0.288. The maximum Gasteiger partial charge on any atom is 0.250 e. The Hall–Kier alpha value is -2.66. The SMILES string of the molecule is Cc1cccc(NC(=O)COCC(=O)Nc2c(C(C)C)cccc2C(C)C)c1. The van der Waals surface area contributed by atoms with Crippen molar-refractivity contribution in [3.05, 3.63) is 59.2 Å². The molecular formula is C23H30N2O3. The molecule has 28 heavy (non-hydrogen) atoms. The van der Waals surface area contributed by atoms with Gasteiger partial charge in [0.25, 0.3) is 0 Å². The second-order valence-electron chi connectivity index (χ2n) is 7.58. The number of hydrogen-bond acceptors (Lipinski definition) is 3. The lowest BCUT2D eigenvalue weighted by Crippen LogP contribution is -2.25. The second kappa shape index (κ2) is 10.0. The molecule has 0 aliphatic heterocycles. The summed E-state index contributed by atoms with van der Waals surface area (Å²) in [6, 6.07) is 13.6. The van der Waals surface area contributed by atoms with E-state index in [4.69, 9.17) is 4.74 Å². The van der Waals surface area contributed by atoms with Crippen LogP contribution in [0.25, 0.3) is 0 Å². The van der Waals surface area contributed by atoms with Crippen LogP contribution in [0.5, 0.6) is 0 Å². The van der Waals surface area contributed by atoms with E-state index in [0.29, 0.717) is 5.69 Å². The van der Waals surface area contributed by atoms with Gasteiger partial charge in [-0.2, -0.15) is 0 Å². The average Bonchev–Trinajstić information content (AvgIpc) is 2.61. The summed E-state index contributed by atoms with van der Waals surface area (Å²) in [5.41, 5.74) is 4.81. The van der Waals surface area contributed by atoms with Crippen LogP contribution in [-0.4, -0.2) is 25.0 Å². The first-order valence-electron chi connectivity index (χ1n) is 9.64. The zero-order chi connectivity index (χ0) is 20.7. The standard InChI is InChI=1S/C23H30N2O3/c1-15(2)19-10-7-11-20(16(3)4)23(19)25-22(27)14-28-13-21(26)24-18-9-6-8-17(5)12-18/h6-12,15-16H,13-14H2,1-5H3,(H,24,26)(H,25,27). The first-order chi connectivity index (χ1) is 13.3. The zero-order valence-corrected chi connectivity index (χ0v) is 17.3. The molecule has 0 aliphatic rings. The highest BCUT2D eigenvalue weighted by Gasteiger charge is 2.16. The van der Waals surface area contributed by atoms with Gasteiger partial charge < -0.3 is 15.4 Å². The number of nitrogens with one attached hydrogen (secondary N) is 2. The molecule has 2 N–H and O–H groups in total. The lowest BCUT2D eigenvalue weighted by atomic mass is 9.92. The van der Waals surface area contributed by atoms with E-state index in [2.05, 4.69) is 38.3 Å². The van der Waals surface area contributed by atoms with Crippen molar-refractivity contribution in [1.29, 1.82) is 0 Å². The lowest BCUT2D eigenvalue weighted by Gasteiger charge is -2.20. The van der Waals surface area contributed by atoms with E-state index in [1.165, 1.54) is 0 Å². The smallest absolute Gasteiger partial charge is 0.250 e. The Morgan fingerprint density at radius 3 is 1.93 bits per heavy atom. The fourth-order valence-electron chi connectivity index (χ4n) is 3.03. The summed E-state index contributed by atoms with van der Waals surface area (Å²) in [5.74, 6) is 0.0206. The molecule has 0 radical (unpaired) electrons. The first-order valence-corrected chi connectivity index (χ1v) is 9.64. The summed E-state index contributed by atoms with van der Waals surface area (Å²) in [6.45, 7) is 10.00. The molecule has 2 amide bonds. The molecule has 0 saturated heterocycles. The van der Waals surface area contributed by atoms with Gasteiger partial charge in [-0.1, -0.05) is 58.0 Å². The molecule has 0 fully saturated rings. The normalized spacial score (nSPS) is 11.0. The molecule has 0 atom stereocenters. The molecule has 0 saturated carbocycles. The van der Waals surface area contributed by atoms with E-state index < -0.39 is 0 Å². The Morgan fingerprint density at radius 2 is 1.39 bits per heavy atom. The largest absolute Gasteiger partial charge is 0.362 e. The Morgan fingerprint density at radius 1 is 0.857 bits per heavy atom. The maximum atomic E-state index is 12.4. The number of ether oxygens (including phenoxy) is 1. The van der Waals surface area contributed by atoms with E-state index >= 15 is 0 Å². The molecule has 0 spiro atoms. The highest BCUT2D eigenvalue weighted by atomic mass is 16.5. The predicted molar refractivity (Wildman–Crippen MR) is 114 cm³/mol. The molecule has 0 unspecified atom stereocenters. The minimum absolute atomic E-state index is 0.175. The van der Waals surface area contributed by atoms with Gasteiger partial charge in [0.1, 0.15) is 13.2 Å². The van der Waals surface area contributed by atoms with Crippen molar-refractivity contribution >= 4 is 23.2 Å². The number of aryl methyl sites for hydroxylation is 1. The highest BCUT2D eigenvalue weighted by Crippen LogP contribution is 2.32. The molecule has 2 rings (SSSR count). The molecule has 5 nitrogen and oxygen atoms in total. The molecule has 0 aromatic heterocycles. The molecule has 0 aliphatic carbocycles. The zero-order valence-electron chi connectivity index (χ0n) is 17.3. The van der Waals surface area contributed by atoms with Gasteiger partial charge in [-0.25, -0.2) is 0 Å².